The van der Waals surface area contributed by atoms with Gasteiger partial charge in [0.15, 0.2) is 0 Å². The lowest BCUT2D eigenvalue weighted by molar-refractivity contribution is 0.474. The number of benzene rings is 3. The fraction of sp³-hybridized carbons (Fsp3) is 0.143. The molecule has 1 N–H and O–H groups in total. The number of rotatable bonds is 4. The summed E-state index contributed by atoms with van der Waals surface area (Å²) in [7, 11) is 0. The van der Waals surface area contributed by atoms with Crippen LogP contribution in [0.5, 0.6) is 5.75 Å². The summed E-state index contributed by atoms with van der Waals surface area (Å²) >= 11 is 0. The summed E-state index contributed by atoms with van der Waals surface area (Å²) in [5.41, 5.74) is 3.84. The molecule has 110 valence electrons. The van der Waals surface area contributed by atoms with Crippen LogP contribution in [0.3, 0.4) is 0 Å². The van der Waals surface area contributed by atoms with Gasteiger partial charge in [-0.2, -0.15) is 0 Å². The molecule has 22 heavy (non-hydrogen) atoms. The molecule has 0 radical (unpaired) electrons. The highest BCUT2D eigenvalue weighted by Crippen LogP contribution is 2.38. The van der Waals surface area contributed by atoms with Crippen LogP contribution in [-0.4, -0.2) is 5.11 Å². The Bertz CT molecular complexity index is 702. The summed E-state index contributed by atoms with van der Waals surface area (Å²) < 4.78 is 0. The van der Waals surface area contributed by atoms with E-state index in [2.05, 4.69) is 55.5 Å². The van der Waals surface area contributed by atoms with Crippen LogP contribution in [0.4, 0.5) is 0 Å². The Kier molecular flexibility index (Phi) is 4.24. The summed E-state index contributed by atoms with van der Waals surface area (Å²) in [4.78, 5) is 0. The molecule has 3 aromatic carbocycles. The molecule has 0 saturated heterocycles. The van der Waals surface area contributed by atoms with Crippen LogP contribution in [0.2, 0.25) is 0 Å². The van der Waals surface area contributed by atoms with Gasteiger partial charge >= 0.3 is 0 Å². The van der Waals surface area contributed by atoms with Crippen molar-refractivity contribution in [1.29, 1.82) is 0 Å². The highest BCUT2D eigenvalue weighted by Gasteiger charge is 2.22. The van der Waals surface area contributed by atoms with Crippen LogP contribution in [0.25, 0.3) is 0 Å². The molecule has 2 unspecified atom stereocenters. The second-order valence-corrected chi connectivity index (χ2v) is 5.68. The van der Waals surface area contributed by atoms with Crippen molar-refractivity contribution >= 4 is 0 Å². The van der Waals surface area contributed by atoms with E-state index < -0.39 is 0 Å². The molecule has 0 saturated carbocycles. The lowest BCUT2D eigenvalue weighted by Gasteiger charge is -2.25. The molecule has 0 fully saturated rings. The average molecular weight is 288 g/mol. The van der Waals surface area contributed by atoms with Crippen molar-refractivity contribution in [2.45, 2.75) is 18.8 Å². The lowest BCUT2D eigenvalue weighted by atomic mass is 9.78. The molecule has 3 rings (SSSR count). The quantitative estimate of drug-likeness (QED) is 0.688. The van der Waals surface area contributed by atoms with Gasteiger partial charge in [-0.25, -0.2) is 0 Å². The van der Waals surface area contributed by atoms with Gasteiger partial charge in [-0.1, -0.05) is 79.7 Å². The maximum atomic E-state index is 9.56. The van der Waals surface area contributed by atoms with E-state index in [9.17, 15) is 5.11 Å². The van der Waals surface area contributed by atoms with Crippen molar-refractivity contribution in [2.24, 2.45) is 0 Å². The smallest absolute Gasteiger partial charge is 0.115 e. The van der Waals surface area contributed by atoms with Gasteiger partial charge in [0.1, 0.15) is 5.75 Å². The fourth-order valence-corrected chi connectivity index (χ4v) is 3.06. The van der Waals surface area contributed by atoms with Crippen LogP contribution in [0.1, 0.15) is 35.4 Å². The fourth-order valence-electron chi connectivity index (χ4n) is 3.06. The molecule has 2 atom stereocenters. The normalized spacial score (nSPS) is 13.5. The summed E-state index contributed by atoms with van der Waals surface area (Å²) in [6.45, 7) is 2.26. The number of hydrogen-bond donors (Lipinski definition) is 1. The van der Waals surface area contributed by atoms with Gasteiger partial charge < -0.3 is 5.11 Å². The second-order valence-electron chi connectivity index (χ2n) is 5.68. The number of aromatic hydroxyl groups is 1. The molecule has 0 heterocycles. The van der Waals surface area contributed by atoms with E-state index in [-0.39, 0.29) is 5.92 Å². The highest BCUT2D eigenvalue weighted by atomic mass is 16.3. The van der Waals surface area contributed by atoms with Gasteiger partial charge in [0.05, 0.1) is 0 Å². The Morgan fingerprint density at radius 1 is 0.591 bits per heavy atom. The standard InChI is InChI=1S/C21H20O/c1-16(17-8-4-2-5-9-17)21(18-10-6-3-7-11-18)19-12-14-20(22)15-13-19/h2-16,21-22H,1H3. The molecular formula is C21H20O. The third-order valence-corrected chi connectivity index (χ3v) is 4.24. The monoisotopic (exact) mass is 288 g/mol. The van der Waals surface area contributed by atoms with Gasteiger partial charge in [-0.3, -0.25) is 0 Å². The maximum absolute atomic E-state index is 9.56. The first-order valence-electron chi connectivity index (χ1n) is 7.64. The van der Waals surface area contributed by atoms with E-state index >= 15 is 0 Å². The summed E-state index contributed by atoms with van der Waals surface area (Å²) in [5.74, 6) is 0.931. The maximum Gasteiger partial charge on any atom is 0.115 e. The zero-order valence-electron chi connectivity index (χ0n) is 12.7. The third-order valence-electron chi connectivity index (χ3n) is 4.24. The third kappa shape index (κ3) is 3.04. The molecular weight excluding hydrogens is 268 g/mol. The van der Waals surface area contributed by atoms with Crippen molar-refractivity contribution in [3.05, 3.63) is 102 Å². The van der Waals surface area contributed by atoms with Crippen molar-refractivity contribution in [3.63, 3.8) is 0 Å². The largest absolute Gasteiger partial charge is 0.508 e. The zero-order chi connectivity index (χ0) is 15.4. The van der Waals surface area contributed by atoms with Gasteiger partial charge in [0.2, 0.25) is 0 Å². The van der Waals surface area contributed by atoms with Crippen molar-refractivity contribution in [3.8, 4) is 5.75 Å². The number of phenolic OH excluding ortho intramolecular Hbond substituents is 1. The second kappa shape index (κ2) is 6.48. The first kappa shape index (κ1) is 14.4. The van der Waals surface area contributed by atoms with Gasteiger partial charge in [0, 0.05) is 5.92 Å². The molecule has 0 amide bonds. The first-order chi connectivity index (χ1) is 10.8. The molecule has 3 aromatic rings. The van der Waals surface area contributed by atoms with Crippen LogP contribution in [-0.2, 0) is 0 Å². The molecule has 0 aliphatic rings. The number of hydrogen-bond acceptors (Lipinski definition) is 1. The minimum absolute atomic E-state index is 0.268. The lowest BCUT2D eigenvalue weighted by Crippen LogP contribution is -2.10. The molecule has 0 bridgehead atoms. The van der Waals surface area contributed by atoms with Gasteiger partial charge in [-0.15, -0.1) is 0 Å². The Balaban J connectivity index is 2.05. The average Bonchev–Trinajstić information content (AvgIpc) is 2.58. The summed E-state index contributed by atoms with van der Waals surface area (Å²) in [5, 5.41) is 9.56. The van der Waals surface area contributed by atoms with E-state index in [1.807, 2.05) is 24.3 Å². The van der Waals surface area contributed by atoms with E-state index in [4.69, 9.17) is 0 Å². The topological polar surface area (TPSA) is 20.2 Å². The van der Waals surface area contributed by atoms with Crippen molar-refractivity contribution < 1.29 is 5.11 Å². The Hall–Kier alpha value is -2.54. The SMILES string of the molecule is CC(c1ccccc1)C(c1ccccc1)c1ccc(O)cc1. The Morgan fingerprint density at radius 3 is 1.59 bits per heavy atom. The van der Waals surface area contributed by atoms with E-state index in [1.165, 1.54) is 16.7 Å². The minimum atomic E-state index is 0.268. The van der Waals surface area contributed by atoms with Crippen molar-refractivity contribution in [2.75, 3.05) is 0 Å². The molecule has 0 aromatic heterocycles. The van der Waals surface area contributed by atoms with E-state index in [0.29, 0.717) is 11.7 Å². The van der Waals surface area contributed by atoms with Crippen LogP contribution < -0.4 is 0 Å². The van der Waals surface area contributed by atoms with E-state index in [1.54, 1.807) is 12.1 Å². The zero-order valence-corrected chi connectivity index (χ0v) is 12.7. The predicted molar refractivity (Wildman–Crippen MR) is 91.2 cm³/mol. The van der Waals surface area contributed by atoms with Crippen LogP contribution >= 0.6 is 0 Å². The molecule has 0 spiro atoms. The predicted octanol–water partition coefficient (Wildman–Crippen LogP) is 5.33. The molecule has 1 heteroatoms. The van der Waals surface area contributed by atoms with Gasteiger partial charge in [-0.05, 0) is 34.7 Å². The summed E-state index contributed by atoms with van der Waals surface area (Å²) in [6, 6.07) is 28.7. The molecule has 0 aliphatic carbocycles. The minimum Gasteiger partial charge on any atom is -0.508 e. The number of phenols is 1. The molecule has 0 aliphatic heterocycles. The van der Waals surface area contributed by atoms with Crippen LogP contribution in [0.15, 0.2) is 84.9 Å². The van der Waals surface area contributed by atoms with Crippen LogP contribution in [0, 0.1) is 0 Å². The highest BCUT2D eigenvalue weighted by molar-refractivity contribution is 5.39. The Labute approximate surface area is 131 Å². The first-order valence-corrected chi connectivity index (χ1v) is 7.64. The molecule has 1 nitrogen and oxygen atoms in total. The van der Waals surface area contributed by atoms with Crippen molar-refractivity contribution in [1.82, 2.24) is 0 Å². The summed E-state index contributed by atoms with van der Waals surface area (Å²) in [6.07, 6.45) is 0. The van der Waals surface area contributed by atoms with E-state index in [0.717, 1.165) is 0 Å². The Morgan fingerprint density at radius 2 is 1.05 bits per heavy atom. The van der Waals surface area contributed by atoms with Gasteiger partial charge in [0.25, 0.3) is 0 Å².